The normalized spacial score (nSPS) is 13.7. The number of nitrogens with one attached hydrogen (secondary N) is 1. The number of unbranched alkanes of at least 4 members (excludes halogenated alkanes) is 2. The standard InChI is InChI=1S/C17H37NO/c1-6-10-12-17(5,13-11-7-2)16(15-18-9-4)19-14-8-3/h16,18H,6-15H2,1-5H3. The van der Waals surface area contributed by atoms with Gasteiger partial charge in [-0.3, -0.25) is 0 Å². The van der Waals surface area contributed by atoms with E-state index < -0.39 is 0 Å². The number of ether oxygens (including phenoxy) is 1. The smallest absolute Gasteiger partial charge is 0.0752 e. The van der Waals surface area contributed by atoms with Gasteiger partial charge in [0.2, 0.25) is 0 Å². The van der Waals surface area contributed by atoms with E-state index in [0.29, 0.717) is 11.5 Å². The van der Waals surface area contributed by atoms with Gasteiger partial charge < -0.3 is 10.1 Å². The van der Waals surface area contributed by atoms with Gasteiger partial charge in [0.25, 0.3) is 0 Å². The average Bonchev–Trinajstić information content (AvgIpc) is 2.43. The van der Waals surface area contributed by atoms with Gasteiger partial charge in [-0.05, 0) is 31.2 Å². The quantitative estimate of drug-likeness (QED) is 0.520. The van der Waals surface area contributed by atoms with Crippen LogP contribution in [-0.2, 0) is 4.74 Å². The third-order valence-electron chi connectivity index (χ3n) is 4.08. The zero-order valence-electron chi connectivity index (χ0n) is 14.1. The van der Waals surface area contributed by atoms with Gasteiger partial charge in [-0.1, -0.05) is 60.3 Å². The van der Waals surface area contributed by atoms with E-state index in [0.717, 1.165) is 26.1 Å². The van der Waals surface area contributed by atoms with E-state index in [9.17, 15) is 0 Å². The Morgan fingerprint density at radius 1 is 0.947 bits per heavy atom. The average molecular weight is 271 g/mol. The summed E-state index contributed by atoms with van der Waals surface area (Å²) in [6.07, 6.45) is 9.27. The Balaban J connectivity index is 4.64. The van der Waals surface area contributed by atoms with Crippen molar-refractivity contribution in [3.63, 3.8) is 0 Å². The second-order valence-corrected chi connectivity index (χ2v) is 6.03. The molecule has 0 aromatic carbocycles. The molecule has 0 aliphatic carbocycles. The van der Waals surface area contributed by atoms with Crippen molar-refractivity contribution in [3.8, 4) is 0 Å². The molecule has 0 aromatic heterocycles. The fourth-order valence-electron chi connectivity index (χ4n) is 2.65. The third kappa shape index (κ3) is 7.94. The largest absolute Gasteiger partial charge is 0.376 e. The summed E-state index contributed by atoms with van der Waals surface area (Å²) in [6.45, 7) is 14.3. The van der Waals surface area contributed by atoms with Crippen LogP contribution in [0.5, 0.6) is 0 Å². The molecule has 0 rings (SSSR count). The molecule has 0 spiro atoms. The van der Waals surface area contributed by atoms with Gasteiger partial charge in [-0.15, -0.1) is 0 Å². The molecule has 0 saturated heterocycles. The van der Waals surface area contributed by atoms with Gasteiger partial charge in [-0.2, -0.15) is 0 Å². The molecule has 0 bridgehead atoms. The van der Waals surface area contributed by atoms with Gasteiger partial charge >= 0.3 is 0 Å². The molecule has 0 saturated carbocycles. The van der Waals surface area contributed by atoms with Gasteiger partial charge in [0.1, 0.15) is 0 Å². The van der Waals surface area contributed by atoms with Crippen LogP contribution in [0, 0.1) is 5.41 Å². The Kier molecular flexibility index (Phi) is 11.7. The van der Waals surface area contributed by atoms with Crippen LogP contribution in [0.3, 0.4) is 0 Å². The number of hydrogen-bond donors (Lipinski definition) is 1. The molecule has 0 heterocycles. The third-order valence-corrected chi connectivity index (χ3v) is 4.08. The molecule has 2 nitrogen and oxygen atoms in total. The Morgan fingerprint density at radius 3 is 1.95 bits per heavy atom. The monoisotopic (exact) mass is 271 g/mol. The van der Waals surface area contributed by atoms with Crippen LogP contribution < -0.4 is 5.32 Å². The summed E-state index contributed by atoms with van der Waals surface area (Å²) in [4.78, 5) is 0. The molecule has 1 atom stereocenters. The van der Waals surface area contributed by atoms with Crippen molar-refractivity contribution in [1.82, 2.24) is 5.32 Å². The Morgan fingerprint density at radius 2 is 1.53 bits per heavy atom. The van der Waals surface area contributed by atoms with Crippen LogP contribution in [-0.4, -0.2) is 25.8 Å². The first-order valence-corrected chi connectivity index (χ1v) is 8.46. The summed E-state index contributed by atoms with van der Waals surface area (Å²) in [5, 5.41) is 3.49. The second-order valence-electron chi connectivity index (χ2n) is 6.03. The van der Waals surface area contributed by atoms with E-state index in [-0.39, 0.29) is 0 Å². The maximum Gasteiger partial charge on any atom is 0.0752 e. The first-order valence-electron chi connectivity index (χ1n) is 8.46. The zero-order valence-corrected chi connectivity index (χ0v) is 14.1. The molecular formula is C17H37NO. The van der Waals surface area contributed by atoms with Crippen molar-refractivity contribution in [2.45, 2.75) is 85.7 Å². The number of rotatable bonds is 13. The topological polar surface area (TPSA) is 21.3 Å². The molecule has 2 heteroatoms. The lowest BCUT2D eigenvalue weighted by molar-refractivity contribution is -0.0419. The summed E-state index contributed by atoms with van der Waals surface area (Å²) in [7, 11) is 0. The first-order chi connectivity index (χ1) is 9.14. The molecule has 0 radical (unpaired) electrons. The predicted molar refractivity (Wildman–Crippen MR) is 85.7 cm³/mol. The maximum atomic E-state index is 6.19. The first kappa shape index (κ1) is 18.9. The van der Waals surface area contributed by atoms with Crippen LogP contribution in [0.1, 0.15) is 79.6 Å². The molecule has 1 N–H and O–H groups in total. The van der Waals surface area contributed by atoms with Crippen molar-refractivity contribution >= 4 is 0 Å². The zero-order chi connectivity index (χ0) is 14.6. The highest BCUT2D eigenvalue weighted by Gasteiger charge is 2.33. The minimum Gasteiger partial charge on any atom is -0.376 e. The lowest BCUT2D eigenvalue weighted by atomic mass is 9.75. The molecule has 1 unspecified atom stereocenters. The van der Waals surface area contributed by atoms with Crippen LogP contribution in [0.15, 0.2) is 0 Å². The Labute approximate surface area is 121 Å². The van der Waals surface area contributed by atoms with Crippen molar-refractivity contribution in [2.75, 3.05) is 19.7 Å². The van der Waals surface area contributed by atoms with Gasteiger partial charge in [0.15, 0.2) is 0 Å². The molecule has 0 aliphatic rings. The lowest BCUT2D eigenvalue weighted by Gasteiger charge is -2.38. The van der Waals surface area contributed by atoms with Crippen LogP contribution in [0.25, 0.3) is 0 Å². The van der Waals surface area contributed by atoms with E-state index in [1.807, 2.05) is 0 Å². The Bertz CT molecular complexity index is 178. The fraction of sp³-hybridized carbons (Fsp3) is 1.00. The molecule has 19 heavy (non-hydrogen) atoms. The Hall–Kier alpha value is -0.0800. The second kappa shape index (κ2) is 11.7. The van der Waals surface area contributed by atoms with Crippen LogP contribution in [0.2, 0.25) is 0 Å². The molecule has 0 amide bonds. The van der Waals surface area contributed by atoms with Gasteiger partial charge in [-0.25, -0.2) is 0 Å². The van der Waals surface area contributed by atoms with Gasteiger partial charge in [0.05, 0.1) is 6.10 Å². The number of hydrogen-bond acceptors (Lipinski definition) is 2. The van der Waals surface area contributed by atoms with E-state index in [1.54, 1.807) is 0 Å². The molecule has 116 valence electrons. The van der Waals surface area contributed by atoms with Crippen LogP contribution in [0.4, 0.5) is 0 Å². The highest BCUT2D eigenvalue weighted by Crippen LogP contribution is 2.36. The molecule has 0 aliphatic heterocycles. The highest BCUT2D eigenvalue weighted by molar-refractivity contribution is 4.85. The van der Waals surface area contributed by atoms with Crippen LogP contribution >= 0.6 is 0 Å². The molecule has 0 fully saturated rings. The van der Waals surface area contributed by atoms with E-state index in [4.69, 9.17) is 4.74 Å². The van der Waals surface area contributed by atoms with Gasteiger partial charge in [0, 0.05) is 13.2 Å². The van der Waals surface area contributed by atoms with Crippen molar-refractivity contribution in [2.24, 2.45) is 5.41 Å². The minimum atomic E-state index is 0.337. The van der Waals surface area contributed by atoms with E-state index in [2.05, 4.69) is 39.9 Å². The highest BCUT2D eigenvalue weighted by atomic mass is 16.5. The van der Waals surface area contributed by atoms with E-state index >= 15 is 0 Å². The van der Waals surface area contributed by atoms with Crippen molar-refractivity contribution in [3.05, 3.63) is 0 Å². The maximum absolute atomic E-state index is 6.19. The minimum absolute atomic E-state index is 0.337. The van der Waals surface area contributed by atoms with Crippen molar-refractivity contribution in [1.29, 1.82) is 0 Å². The molecule has 0 aromatic rings. The van der Waals surface area contributed by atoms with E-state index in [1.165, 1.54) is 38.5 Å². The molecular weight excluding hydrogens is 234 g/mol. The summed E-state index contributed by atoms with van der Waals surface area (Å²) < 4.78 is 6.19. The van der Waals surface area contributed by atoms with Crippen molar-refractivity contribution < 1.29 is 4.74 Å². The fourth-order valence-corrected chi connectivity index (χ4v) is 2.65. The summed E-state index contributed by atoms with van der Waals surface area (Å²) in [5.41, 5.74) is 0.337. The number of likely N-dealkylation sites (N-methyl/N-ethyl adjacent to an activating group) is 1. The summed E-state index contributed by atoms with van der Waals surface area (Å²) >= 11 is 0. The lowest BCUT2D eigenvalue weighted by Crippen LogP contribution is -2.42. The predicted octanol–water partition coefficient (Wildman–Crippen LogP) is 4.78. The SMILES string of the molecule is CCCCC(C)(CCCC)C(CNCC)OCCC. The summed E-state index contributed by atoms with van der Waals surface area (Å²) in [5.74, 6) is 0. The summed E-state index contributed by atoms with van der Waals surface area (Å²) in [6, 6.07) is 0.